The topological polar surface area (TPSA) is 129 Å². The summed E-state index contributed by atoms with van der Waals surface area (Å²) in [5, 5.41) is 14.0. The molecule has 0 spiro atoms. The standard InChI is InChI=1S/C19H17N5O4/c25-16(14-7-4-9-20-11-14)23-21-12-15-17(26)22-19(28)24(18(15)27)10-8-13-5-2-1-3-6-13/h1-7,9,11-12,27H,8,10H2,(H,23,25)(H,22,26,28). The third-order valence-corrected chi connectivity index (χ3v) is 3.96. The maximum atomic E-state index is 12.0. The molecule has 0 atom stereocenters. The fourth-order valence-corrected chi connectivity index (χ4v) is 2.50. The maximum absolute atomic E-state index is 12.0. The number of carbonyl (C=O) groups excluding carboxylic acids is 1. The van der Waals surface area contributed by atoms with Gasteiger partial charge >= 0.3 is 5.69 Å². The molecule has 0 bridgehead atoms. The minimum atomic E-state index is -0.808. The van der Waals surface area contributed by atoms with Crippen molar-refractivity contribution >= 4 is 12.1 Å². The van der Waals surface area contributed by atoms with Crippen LogP contribution < -0.4 is 16.7 Å². The summed E-state index contributed by atoms with van der Waals surface area (Å²) in [4.78, 5) is 41.9. The third-order valence-electron chi connectivity index (χ3n) is 3.96. The average Bonchev–Trinajstić information content (AvgIpc) is 2.71. The Balaban J connectivity index is 1.78. The molecule has 0 saturated heterocycles. The van der Waals surface area contributed by atoms with E-state index in [4.69, 9.17) is 0 Å². The number of pyridine rings is 1. The highest BCUT2D eigenvalue weighted by Gasteiger charge is 2.13. The van der Waals surface area contributed by atoms with Crippen LogP contribution in [0.1, 0.15) is 21.5 Å². The molecular weight excluding hydrogens is 362 g/mol. The van der Waals surface area contributed by atoms with Gasteiger partial charge in [0, 0.05) is 18.9 Å². The minimum absolute atomic E-state index is 0.161. The monoisotopic (exact) mass is 379 g/mol. The molecule has 9 nitrogen and oxygen atoms in total. The number of carbonyl (C=O) groups is 1. The second kappa shape index (κ2) is 8.58. The summed E-state index contributed by atoms with van der Waals surface area (Å²) in [6.45, 7) is 0.161. The van der Waals surface area contributed by atoms with Gasteiger partial charge in [0.2, 0.25) is 5.88 Å². The lowest BCUT2D eigenvalue weighted by molar-refractivity contribution is 0.0954. The lowest BCUT2D eigenvalue weighted by atomic mass is 10.1. The van der Waals surface area contributed by atoms with Crippen molar-refractivity contribution in [3.05, 3.63) is 92.4 Å². The molecule has 9 heteroatoms. The summed E-state index contributed by atoms with van der Waals surface area (Å²) in [6.07, 6.45) is 4.35. The fourth-order valence-electron chi connectivity index (χ4n) is 2.50. The molecule has 0 unspecified atom stereocenters. The molecule has 0 fully saturated rings. The Morgan fingerprint density at radius 1 is 1.21 bits per heavy atom. The number of aromatic amines is 1. The number of hydrogen-bond acceptors (Lipinski definition) is 6. The normalized spacial score (nSPS) is 10.9. The number of rotatable bonds is 6. The molecule has 2 heterocycles. The fraction of sp³-hybridized carbons (Fsp3) is 0.105. The number of hydrogen-bond donors (Lipinski definition) is 3. The first-order valence-corrected chi connectivity index (χ1v) is 8.39. The van der Waals surface area contributed by atoms with Gasteiger partial charge in [-0.2, -0.15) is 5.10 Å². The van der Waals surface area contributed by atoms with Crippen molar-refractivity contribution in [2.45, 2.75) is 13.0 Å². The number of aryl methyl sites for hydroxylation is 1. The molecule has 2 aromatic heterocycles. The Bertz CT molecular complexity index is 1100. The van der Waals surface area contributed by atoms with E-state index < -0.39 is 23.0 Å². The van der Waals surface area contributed by atoms with Gasteiger partial charge in [0.05, 0.1) is 11.8 Å². The molecule has 0 aliphatic heterocycles. The largest absolute Gasteiger partial charge is 0.494 e. The lowest BCUT2D eigenvalue weighted by Crippen LogP contribution is -2.33. The summed E-state index contributed by atoms with van der Waals surface area (Å²) >= 11 is 0. The van der Waals surface area contributed by atoms with Gasteiger partial charge in [-0.05, 0) is 24.1 Å². The summed E-state index contributed by atoms with van der Waals surface area (Å²) < 4.78 is 1.04. The number of aromatic nitrogens is 3. The zero-order chi connectivity index (χ0) is 19.9. The molecule has 142 valence electrons. The Hall–Kier alpha value is -4.01. The van der Waals surface area contributed by atoms with E-state index in [-0.39, 0.29) is 17.7 Å². The molecule has 0 aliphatic rings. The van der Waals surface area contributed by atoms with E-state index in [0.29, 0.717) is 6.42 Å². The van der Waals surface area contributed by atoms with Crippen molar-refractivity contribution in [3.8, 4) is 5.88 Å². The number of aromatic hydroxyl groups is 1. The first-order chi connectivity index (χ1) is 13.6. The molecule has 0 aliphatic carbocycles. The quantitative estimate of drug-likeness (QED) is 0.428. The molecule has 1 aromatic carbocycles. The van der Waals surface area contributed by atoms with E-state index >= 15 is 0 Å². The second-order valence-corrected chi connectivity index (χ2v) is 5.82. The highest BCUT2D eigenvalue weighted by atomic mass is 16.3. The first kappa shape index (κ1) is 18.8. The van der Waals surface area contributed by atoms with E-state index in [2.05, 4.69) is 20.5 Å². The van der Waals surface area contributed by atoms with E-state index in [0.717, 1.165) is 16.3 Å². The van der Waals surface area contributed by atoms with Gasteiger partial charge in [-0.3, -0.25) is 24.1 Å². The highest BCUT2D eigenvalue weighted by Crippen LogP contribution is 2.09. The molecule has 0 radical (unpaired) electrons. The number of hydrazone groups is 1. The van der Waals surface area contributed by atoms with Crippen molar-refractivity contribution in [3.63, 3.8) is 0 Å². The zero-order valence-electron chi connectivity index (χ0n) is 14.7. The van der Waals surface area contributed by atoms with Crippen LogP contribution in [0, 0.1) is 0 Å². The van der Waals surface area contributed by atoms with E-state index in [1.165, 1.54) is 12.4 Å². The van der Waals surface area contributed by atoms with Crippen LogP contribution in [-0.4, -0.2) is 31.8 Å². The van der Waals surface area contributed by atoms with Crippen LogP contribution in [0.5, 0.6) is 5.88 Å². The van der Waals surface area contributed by atoms with Gasteiger partial charge in [-0.25, -0.2) is 10.2 Å². The van der Waals surface area contributed by atoms with Crippen molar-refractivity contribution in [1.82, 2.24) is 20.0 Å². The molecular formula is C19H17N5O4. The maximum Gasteiger partial charge on any atom is 0.331 e. The van der Waals surface area contributed by atoms with Crippen molar-refractivity contribution in [2.24, 2.45) is 5.10 Å². The number of benzene rings is 1. The predicted molar refractivity (Wildman–Crippen MR) is 102 cm³/mol. The number of H-pyrrole nitrogens is 1. The van der Waals surface area contributed by atoms with E-state index in [1.807, 2.05) is 30.3 Å². The van der Waals surface area contributed by atoms with Crippen LogP contribution >= 0.6 is 0 Å². The Morgan fingerprint density at radius 2 is 2.00 bits per heavy atom. The number of amides is 1. The Morgan fingerprint density at radius 3 is 2.71 bits per heavy atom. The number of nitrogens with zero attached hydrogens (tertiary/aromatic N) is 3. The highest BCUT2D eigenvalue weighted by molar-refractivity contribution is 5.94. The van der Waals surface area contributed by atoms with Crippen LogP contribution in [0.3, 0.4) is 0 Å². The molecule has 0 saturated carbocycles. The molecule has 1 amide bonds. The van der Waals surface area contributed by atoms with Crippen LogP contribution in [0.2, 0.25) is 0 Å². The van der Waals surface area contributed by atoms with Crippen LogP contribution in [0.4, 0.5) is 0 Å². The summed E-state index contributed by atoms with van der Waals surface area (Å²) in [5.74, 6) is -1.05. The Kier molecular flexibility index (Phi) is 5.75. The zero-order valence-corrected chi connectivity index (χ0v) is 14.7. The average molecular weight is 379 g/mol. The molecule has 3 rings (SSSR count). The van der Waals surface area contributed by atoms with Gasteiger partial charge in [-0.15, -0.1) is 0 Å². The lowest BCUT2D eigenvalue weighted by Gasteiger charge is -2.09. The summed E-state index contributed by atoms with van der Waals surface area (Å²) in [7, 11) is 0. The first-order valence-electron chi connectivity index (χ1n) is 8.39. The third kappa shape index (κ3) is 4.39. The van der Waals surface area contributed by atoms with Gasteiger partial charge in [0.15, 0.2) is 0 Å². The van der Waals surface area contributed by atoms with Crippen molar-refractivity contribution < 1.29 is 9.90 Å². The van der Waals surface area contributed by atoms with Crippen LogP contribution in [0.25, 0.3) is 0 Å². The van der Waals surface area contributed by atoms with E-state index in [9.17, 15) is 19.5 Å². The summed E-state index contributed by atoms with van der Waals surface area (Å²) in [5.41, 5.74) is 1.72. The van der Waals surface area contributed by atoms with Crippen LogP contribution in [-0.2, 0) is 13.0 Å². The molecule has 28 heavy (non-hydrogen) atoms. The minimum Gasteiger partial charge on any atom is -0.494 e. The van der Waals surface area contributed by atoms with Gasteiger partial charge in [-0.1, -0.05) is 30.3 Å². The predicted octanol–water partition coefficient (Wildman–Crippen LogP) is 0.644. The number of nitrogens with one attached hydrogen (secondary N) is 2. The summed E-state index contributed by atoms with van der Waals surface area (Å²) in [6, 6.07) is 12.5. The molecule has 3 aromatic rings. The van der Waals surface area contributed by atoms with Gasteiger partial charge < -0.3 is 5.11 Å². The van der Waals surface area contributed by atoms with Gasteiger partial charge in [0.25, 0.3) is 11.5 Å². The SMILES string of the molecule is O=C(NN=Cc1c(O)n(CCc2ccccc2)c(=O)[nH]c1=O)c1cccnc1. The van der Waals surface area contributed by atoms with Crippen molar-refractivity contribution in [2.75, 3.05) is 0 Å². The second-order valence-electron chi connectivity index (χ2n) is 5.82. The molecule has 3 N–H and O–H groups in total. The Labute approximate surface area is 159 Å². The van der Waals surface area contributed by atoms with Crippen molar-refractivity contribution in [1.29, 1.82) is 0 Å². The van der Waals surface area contributed by atoms with Gasteiger partial charge in [0.1, 0.15) is 5.56 Å². The van der Waals surface area contributed by atoms with Crippen LogP contribution in [0.15, 0.2) is 69.5 Å². The smallest absolute Gasteiger partial charge is 0.331 e. The van der Waals surface area contributed by atoms with E-state index in [1.54, 1.807) is 12.1 Å².